The molecule has 0 aliphatic heterocycles. The van der Waals surface area contributed by atoms with Crippen molar-refractivity contribution in [3.63, 3.8) is 0 Å². The first kappa shape index (κ1) is 19.7. The number of para-hydroxylation sites is 1. The van der Waals surface area contributed by atoms with Gasteiger partial charge in [-0.15, -0.1) is 0 Å². The summed E-state index contributed by atoms with van der Waals surface area (Å²) in [6, 6.07) is 15.4. The number of nitrogens with two attached hydrogens (primary N) is 1. The van der Waals surface area contributed by atoms with E-state index in [4.69, 9.17) is 15.2 Å². The smallest absolute Gasteiger partial charge is 0.133 e. The monoisotopic (exact) mass is 409 g/mol. The highest BCUT2D eigenvalue weighted by Crippen LogP contribution is 2.23. The zero-order valence-corrected chi connectivity index (χ0v) is 15.6. The van der Waals surface area contributed by atoms with Crippen molar-refractivity contribution in [1.82, 2.24) is 0 Å². The van der Waals surface area contributed by atoms with E-state index < -0.39 is 5.54 Å². The Hall–Kier alpha value is -1.60. The molecule has 5 nitrogen and oxygen atoms in total. The van der Waals surface area contributed by atoms with Gasteiger partial charge in [0.05, 0.1) is 23.2 Å². The van der Waals surface area contributed by atoms with Gasteiger partial charge in [-0.05, 0) is 58.6 Å². The number of aryl methyl sites for hydroxylation is 1. The fourth-order valence-corrected chi connectivity index (χ4v) is 2.63. The summed E-state index contributed by atoms with van der Waals surface area (Å²) in [4.78, 5) is 0. The van der Waals surface area contributed by atoms with Gasteiger partial charge in [0.15, 0.2) is 0 Å². The number of rotatable bonds is 10. The maximum absolute atomic E-state index is 9.21. The molecule has 0 aromatic heterocycles. The maximum atomic E-state index is 9.21. The van der Waals surface area contributed by atoms with Gasteiger partial charge in [-0.2, -0.15) is 0 Å². The number of halogens is 1. The molecule has 0 unspecified atom stereocenters. The largest absolute Gasteiger partial charge is 0.490 e. The summed E-state index contributed by atoms with van der Waals surface area (Å²) in [6.45, 7) is 0.430. The van der Waals surface area contributed by atoms with Gasteiger partial charge in [-0.1, -0.05) is 24.3 Å². The number of ether oxygens (including phenoxy) is 2. The molecule has 6 heteroatoms. The molecule has 0 saturated heterocycles. The second kappa shape index (κ2) is 9.77. The van der Waals surface area contributed by atoms with Gasteiger partial charge in [-0.3, -0.25) is 0 Å². The molecular weight excluding hydrogens is 386 g/mol. The Kier molecular flexibility index (Phi) is 7.71. The topological polar surface area (TPSA) is 84.9 Å². The molecule has 25 heavy (non-hydrogen) atoms. The zero-order valence-electron chi connectivity index (χ0n) is 14.0. The minimum Gasteiger partial charge on any atom is -0.490 e. The number of benzene rings is 2. The van der Waals surface area contributed by atoms with E-state index >= 15 is 0 Å². The van der Waals surface area contributed by atoms with E-state index in [1.165, 1.54) is 0 Å². The van der Waals surface area contributed by atoms with E-state index in [1.54, 1.807) is 0 Å². The normalized spacial score (nSPS) is 11.4. The second-order valence-corrected chi connectivity index (χ2v) is 6.80. The Bertz CT molecular complexity index is 644. The molecule has 0 heterocycles. The molecule has 2 rings (SSSR count). The van der Waals surface area contributed by atoms with Crippen molar-refractivity contribution >= 4 is 15.9 Å². The lowest BCUT2D eigenvalue weighted by Gasteiger charge is -2.24. The summed E-state index contributed by atoms with van der Waals surface area (Å²) in [5.74, 6) is 1.56. The van der Waals surface area contributed by atoms with Gasteiger partial charge in [-0.25, -0.2) is 0 Å². The molecule has 2 aromatic carbocycles. The van der Waals surface area contributed by atoms with Crippen molar-refractivity contribution in [2.75, 3.05) is 26.4 Å². The molecule has 0 spiro atoms. The lowest BCUT2D eigenvalue weighted by atomic mass is 9.94. The number of aliphatic hydroxyl groups excluding tert-OH is 2. The third kappa shape index (κ3) is 6.32. The number of hydrogen-bond donors (Lipinski definition) is 3. The first-order valence-corrected chi connectivity index (χ1v) is 8.95. The maximum Gasteiger partial charge on any atom is 0.133 e. The average molecular weight is 410 g/mol. The predicted octanol–water partition coefficient (Wildman–Crippen LogP) is 2.52. The third-order valence-corrected chi connectivity index (χ3v) is 4.57. The first-order valence-electron chi connectivity index (χ1n) is 8.16. The van der Waals surface area contributed by atoms with Crippen LogP contribution in [-0.2, 0) is 6.42 Å². The zero-order chi connectivity index (χ0) is 18.1. The van der Waals surface area contributed by atoms with Crippen molar-refractivity contribution in [3.05, 3.63) is 58.6 Å². The fourth-order valence-electron chi connectivity index (χ4n) is 2.23. The van der Waals surface area contributed by atoms with E-state index in [0.29, 0.717) is 26.1 Å². The predicted molar refractivity (Wildman–Crippen MR) is 101 cm³/mol. The molecule has 136 valence electrons. The number of hydrogen-bond acceptors (Lipinski definition) is 5. The summed E-state index contributed by atoms with van der Waals surface area (Å²) >= 11 is 3.43. The van der Waals surface area contributed by atoms with E-state index in [0.717, 1.165) is 21.5 Å². The SMILES string of the molecule is NC(CO)(CO)CCc1ccc(OCCOc2ccccc2Br)cc1. The van der Waals surface area contributed by atoms with Crippen LogP contribution in [0.1, 0.15) is 12.0 Å². The Balaban J connectivity index is 1.74. The van der Waals surface area contributed by atoms with Crippen LogP contribution in [0.15, 0.2) is 53.0 Å². The van der Waals surface area contributed by atoms with Gasteiger partial charge in [0.1, 0.15) is 24.7 Å². The van der Waals surface area contributed by atoms with Crippen LogP contribution in [0.4, 0.5) is 0 Å². The van der Waals surface area contributed by atoms with Crippen LogP contribution in [0.5, 0.6) is 11.5 Å². The summed E-state index contributed by atoms with van der Waals surface area (Å²) in [5.41, 5.74) is 6.02. The molecule has 0 amide bonds. The lowest BCUT2D eigenvalue weighted by molar-refractivity contribution is 0.115. The van der Waals surface area contributed by atoms with Gasteiger partial charge in [0.2, 0.25) is 0 Å². The fraction of sp³-hybridized carbons (Fsp3) is 0.368. The van der Waals surface area contributed by atoms with Crippen LogP contribution in [0.2, 0.25) is 0 Å². The van der Waals surface area contributed by atoms with Crippen molar-refractivity contribution < 1.29 is 19.7 Å². The quantitative estimate of drug-likeness (QED) is 0.525. The van der Waals surface area contributed by atoms with E-state index in [2.05, 4.69) is 15.9 Å². The molecule has 0 aliphatic rings. The van der Waals surface area contributed by atoms with Crippen LogP contribution in [0.3, 0.4) is 0 Å². The molecule has 0 saturated carbocycles. The van der Waals surface area contributed by atoms with E-state index in [-0.39, 0.29) is 13.2 Å². The Labute approximate surface area is 156 Å². The van der Waals surface area contributed by atoms with Gasteiger partial charge >= 0.3 is 0 Å². The minimum atomic E-state index is -0.932. The Morgan fingerprint density at radius 2 is 1.56 bits per heavy atom. The highest BCUT2D eigenvalue weighted by molar-refractivity contribution is 9.10. The summed E-state index contributed by atoms with van der Waals surface area (Å²) < 4.78 is 12.2. The van der Waals surface area contributed by atoms with E-state index in [1.807, 2.05) is 48.5 Å². The Morgan fingerprint density at radius 3 is 2.20 bits per heavy atom. The third-order valence-electron chi connectivity index (χ3n) is 3.91. The van der Waals surface area contributed by atoms with Crippen LogP contribution in [0.25, 0.3) is 0 Å². The van der Waals surface area contributed by atoms with Crippen LogP contribution < -0.4 is 15.2 Å². The molecule has 0 radical (unpaired) electrons. The molecule has 2 aromatic rings. The summed E-state index contributed by atoms with van der Waals surface area (Å²) in [6.07, 6.45) is 1.20. The van der Waals surface area contributed by atoms with Crippen molar-refractivity contribution in [3.8, 4) is 11.5 Å². The van der Waals surface area contributed by atoms with Gasteiger partial charge < -0.3 is 25.4 Å². The van der Waals surface area contributed by atoms with Gasteiger partial charge in [0.25, 0.3) is 0 Å². The lowest BCUT2D eigenvalue weighted by Crippen LogP contribution is -2.47. The Morgan fingerprint density at radius 1 is 0.920 bits per heavy atom. The molecule has 0 atom stereocenters. The highest BCUT2D eigenvalue weighted by atomic mass is 79.9. The standard InChI is InChI=1S/C19H24BrNO4/c20-17-3-1-2-4-18(17)25-12-11-24-16-7-5-15(6-8-16)9-10-19(21,13-22)14-23/h1-8,22-23H,9-14,21H2. The second-order valence-electron chi connectivity index (χ2n) is 5.95. The van der Waals surface area contributed by atoms with E-state index in [9.17, 15) is 10.2 Å². The van der Waals surface area contributed by atoms with Crippen molar-refractivity contribution in [1.29, 1.82) is 0 Å². The molecular formula is C19H24BrNO4. The molecule has 0 aliphatic carbocycles. The molecule has 4 N–H and O–H groups in total. The minimum absolute atomic E-state index is 0.234. The summed E-state index contributed by atoms with van der Waals surface area (Å²) in [7, 11) is 0. The van der Waals surface area contributed by atoms with Crippen molar-refractivity contribution in [2.24, 2.45) is 5.73 Å². The van der Waals surface area contributed by atoms with Crippen LogP contribution in [-0.4, -0.2) is 42.2 Å². The summed E-state index contributed by atoms with van der Waals surface area (Å²) in [5, 5.41) is 18.4. The van der Waals surface area contributed by atoms with Crippen LogP contribution >= 0.6 is 15.9 Å². The van der Waals surface area contributed by atoms with Gasteiger partial charge in [0, 0.05) is 0 Å². The first-order chi connectivity index (χ1) is 12.1. The van der Waals surface area contributed by atoms with Crippen molar-refractivity contribution in [2.45, 2.75) is 18.4 Å². The highest BCUT2D eigenvalue weighted by Gasteiger charge is 2.22. The van der Waals surface area contributed by atoms with Crippen LogP contribution in [0, 0.1) is 0 Å². The molecule has 0 fully saturated rings. The average Bonchev–Trinajstić information content (AvgIpc) is 2.65. The number of aliphatic hydroxyl groups is 2. The molecule has 0 bridgehead atoms.